The van der Waals surface area contributed by atoms with Crippen LogP contribution in [0.5, 0.6) is 0 Å². The van der Waals surface area contributed by atoms with Gasteiger partial charge in [-0.15, -0.1) is 11.3 Å². The van der Waals surface area contributed by atoms with E-state index >= 15 is 0 Å². The summed E-state index contributed by atoms with van der Waals surface area (Å²) in [5.74, 6) is 0.901. The Morgan fingerprint density at radius 3 is 2.71 bits per heavy atom. The molecule has 0 saturated carbocycles. The first-order valence-corrected chi connectivity index (χ1v) is 7.41. The third-order valence-electron chi connectivity index (χ3n) is 2.43. The number of nitrogens with one attached hydrogen (secondary N) is 1. The number of hydrogen-bond donors (Lipinski definition) is 1. The number of anilines is 1. The molecule has 0 unspecified atom stereocenters. The van der Waals surface area contributed by atoms with Gasteiger partial charge >= 0.3 is 0 Å². The van der Waals surface area contributed by atoms with Gasteiger partial charge in [-0.3, -0.25) is 0 Å². The summed E-state index contributed by atoms with van der Waals surface area (Å²) in [5.41, 5.74) is 1.16. The molecule has 0 radical (unpaired) electrons. The number of aromatic nitrogens is 3. The van der Waals surface area contributed by atoms with Gasteiger partial charge in [-0.25, -0.2) is 9.97 Å². The van der Waals surface area contributed by atoms with Gasteiger partial charge in [-0.1, -0.05) is 13.8 Å². The molecule has 0 amide bonds. The first-order valence-electron chi connectivity index (χ1n) is 5.76. The molecule has 0 aliphatic heterocycles. The maximum atomic E-state index is 4.56. The van der Waals surface area contributed by atoms with Gasteiger partial charge in [0.15, 0.2) is 0 Å². The predicted octanol–water partition coefficient (Wildman–Crippen LogP) is 3.29. The first-order chi connectivity index (χ1) is 8.22. The van der Waals surface area contributed by atoms with Crippen molar-refractivity contribution < 1.29 is 0 Å². The Hall–Kier alpha value is -1.01. The number of rotatable bonds is 5. The minimum atomic E-state index is 0.193. The van der Waals surface area contributed by atoms with Crippen molar-refractivity contribution in [3.8, 4) is 0 Å². The summed E-state index contributed by atoms with van der Waals surface area (Å²) >= 11 is 3.11. The molecule has 0 aliphatic carbocycles. The van der Waals surface area contributed by atoms with Crippen molar-refractivity contribution in [3.63, 3.8) is 0 Å². The van der Waals surface area contributed by atoms with E-state index in [1.807, 2.05) is 0 Å². The smallest absolute Gasteiger partial charge is 0.203 e. The standard InChI is InChI=1S/C11H16N4S2/c1-4-8-6-16-10(13-8)7(3)12-11-14-9(5-2)15-17-11/h6-7H,4-5H2,1-3H3,(H,12,14,15)/t7-/m1/s1. The van der Waals surface area contributed by atoms with E-state index in [1.54, 1.807) is 11.3 Å². The zero-order valence-corrected chi connectivity index (χ0v) is 11.9. The van der Waals surface area contributed by atoms with Gasteiger partial charge in [0, 0.05) is 23.3 Å². The van der Waals surface area contributed by atoms with Gasteiger partial charge in [0.1, 0.15) is 10.8 Å². The highest BCUT2D eigenvalue weighted by atomic mass is 32.1. The molecule has 2 rings (SSSR count). The van der Waals surface area contributed by atoms with Crippen molar-refractivity contribution in [1.82, 2.24) is 14.3 Å². The van der Waals surface area contributed by atoms with Crippen molar-refractivity contribution in [2.24, 2.45) is 0 Å². The Kier molecular flexibility index (Phi) is 4.06. The number of hydrogen-bond acceptors (Lipinski definition) is 6. The molecule has 4 nitrogen and oxygen atoms in total. The predicted molar refractivity (Wildman–Crippen MR) is 72.8 cm³/mol. The second-order valence-corrected chi connectivity index (χ2v) is 5.41. The molecule has 2 aromatic heterocycles. The normalized spacial score (nSPS) is 12.6. The van der Waals surface area contributed by atoms with Crippen molar-refractivity contribution >= 4 is 28.0 Å². The second-order valence-electron chi connectivity index (χ2n) is 3.77. The molecule has 1 N–H and O–H groups in total. The Balaban J connectivity index is 2.02. The molecule has 2 aromatic rings. The number of aryl methyl sites for hydroxylation is 2. The maximum absolute atomic E-state index is 4.56. The lowest BCUT2D eigenvalue weighted by atomic mass is 10.3. The van der Waals surface area contributed by atoms with Crippen LogP contribution in [0.15, 0.2) is 5.38 Å². The topological polar surface area (TPSA) is 50.7 Å². The van der Waals surface area contributed by atoms with E-state index in [1.165, 1.54) is 11.5 Å². The molecular weight excluding hydrogens is 252 g/mol. The van der Waals surface area contributed by atoms with Crippen LogP contribution in [0.2, 0.25) is 0 Å². The lowest BCUT2D eigenvalue weighted by Gasteiger charge is -2.08. The third kappa shape index (κ3) is 3.01. The highest BCUT2D eigenvalue weighted by Crippen LogP contribution is 2.23. The van der Waals surface area contributed by atoms with Crippen molar-refractivity contribution in [3.05, 3.63) is 21.9 Å². The monoisotopic (exact) mass is 268 g/mol. The molecule has 0 spiro atoms. The summed E-state index contributed by atoms with van der Waals surface area (Å²) in [6, 6.07) is 0.193. The van der Waals surface area contributed by atoms with Crippen molar-refractivity contribution in [2.75, 3.05) is 5.32 Å². The van der Waals surface area contributed by atoms with E-state index in [0.29, 0.717) is 0 Å². The van der Waals surface area contributed by atoms with Crippen LogP contribution in [0.3, 0.4) is 0 Å². The van der Waals surface area contributed by atoms with Gasteiger partial charge in [-0.2, -0.15) is 4.37 Å². The molecule has 2 heterocycles. The molecule has 1 atom stereocenters. The van der Waals surface area contributed by atoms with Gasteiger partial charge in [-0.05, 0) is 13.3 Å². The van der Waals surface area contributed by atoms with Crippen LogP contribution in [0.25, 0.3) is 0 Å². The van der Waals surface area contributed by atoms with Crippen LogP contribution in [-0.4, -0.2) is 14.3 Å². The average molecular weight is 268 g/mol. The van der Waals surface area contributed by atoms with Crippen LogP contribution in [0, 0.1) is 0 Å². The highest BCUT2D eigenvalue weighted by molar-refractivity contribution is 7.10. The molecule has 0 fully saturated rings. The molecule has 6 heteroatoms. The fraction of sp³-hybridized carbons (Fsp3) is 0.545. The Morgan fingerprint density at radius 2 is 2.12 bits per heavy atom. The minimum absolute atomic E-state index is 0.193. The molecular formula is C11H16N4S2. The van der Waals surface area contributed by atoms with Gasteiger partial charge < -0.3 is 5.32 Å². The molecule has 0 saturated heterocycles. The number of nitrogens with zero attached hydrogens (tertiary/aromatic N) is 3. The van der Waals surface area contributed by atoms with Crippen LogP contribution in [-0.2, 0) is 12.8 Å². The average Bonchev–Trinajstić information content (AvgIpc) is 2.96. The SMILES string of the molecule is CCc1csc([C@@H](C)Nc2nc(CC)ns2)n1. The minimum Gasteiger partial charge on any atom is -0.351 e. The lowest BCUT2D eigenvalue weighted by Crippen LogP contribution is -2.06. The number of thiazole rings is 1. The van der Waals surface area contributed by atoms with Crippen LogP contribution < -0.4 is 5.32 Å². The zero-order valence-electron chi connectivity index (χ0n) is 10.2. The summed E-state index contributed by atoms with van der Waals surface area (Å²) in [6.45, 7) is 6.28. The molecule has 17 heavy (non-hydrogen) atoms. The highest BCUT2D eigenvalue weighted by Gasteiger charge is 2.12. The molecule has 0 aliphatic rings. The van der Waals surface area contributed by atoms with Crippen LogP contribution in [0.4, 0.5) is 5.13 Å². The van der Waals surface area contributed by atoms with E-state index in [0.717, 1.165) is 34.5 Å². The lowest BCUT2D eigenvalue weighted by molar-refractivity contribution is 0.850. The Bertz CT molecular complexity index is 477. The van der Waals surface area contributed by atoms with E-state index in [9.17, 15) is 0 Å². The Morgan fingerprint density at radius 1 is 1.29 bits per heavy atom. The van der Waals surface area contributed by atoms with Crippen LogP contribution >= 0.6 is 22.9 Å². The van der Waals surface area contributed by atoms with E-state index in [2.05, 4.69) is 45.8 Å². The maximum Gasteiger partial charge on any atom is 0.203 e. The quantitative estimate of drug-likeness (QED) is 0.904. The fourth-order valence-corrected chi connectivity index (χ4v) is 3.03. The molecule has 0 aromatic carbocycles. The van der Waals surface area contributed by atoms with Crippen LogP contribution in [0.1, 0.15) is 43.3 Å². The van der Waals surface area contributed by atoms with E-state index in [4.69, 9.17) is 0 Å². The second kappa shape index (κ2) is 5.55. The summed E-state index contributed by atoms with van der Waals surface area (Å²) in [4.78, 5) is 8.96. The summed E-state index contributed by atoms with van der Waals surface area (Å²) in [7, 11) is 0. The van der Waals surface area contributed by atoms with Gasteiger partial charge in [0.05, 0.1) is 11.7 Å². The summed E-state index contributed by atoms with van der Waals surface area (Å²) in [6.07, 6.45) is 1.87. The van der Waals surface area contributed by atoms with E-state index < -0.39 is 0 Å². The first kappa shape index (κ1) is 12.4. The van der Waals surface area contributed by atoms with E-state index in [-0.39, 0.29) is 6.04 Å². The Labute approximate surface area is 109 Å². The van der Waals surface area contributed by atoms with Gasteiger partial charge in [0.25, 0.3) is 0 Å². The molecule has 0 bridgehead atoms. The fourth-order valence-electron chi connectivity index (χ4n) is 1.39. The van der Waals surface area contributed by atoms with Gasteiger partial charge in [0.2, 0.25) is 5.13 Å². The zero-order chi connectivity index (χ0) is 12.3. The largest absolute Gasteiger partial charge is 0.351 e. The molecule has 92 valence electrons. The third-order valence-corrected chi connectivity index (χ3v) is 4.19. The van der Waals surface area contributed by atoms with Crippen molar-refractivity contribution in [2.45, 2.75) is 39.7 Å². The summed E-state index contributed by atoms with van der Waals surface area (Å²) in [5, 5.41) is 7.44. The van der Waals surface area contributed by atoms with Crippen molar-refractivity contribution in [1.29, 1.82) is 0 Å². The summed E-state index contributed by atoms with van der Waals surface area (Å²) < 4.78 is 4.25.